The zero-order chi connectivity index (χ0) is 27.7. The third-order valence-electron chi connectivity index (χ3n) is 6.14. The van der Waals surface area contributed by atoms with E-state index in [0.717, 1.165) is 33.3 Å². The summed E-state index contributed by atoms with van der Waals surface area (Å²) >= 11 is 1.75. The highest BCUT2D eigenvalue weighted by molar-refractivity contribution is 7.98. The van der Waals surface area contributed by atoms with Crippen LogP contribution in [0, 0.1) is 0 Å². The van der Waals surface area contributed by atoms with E-state index in [-0.39, 0.29) is 5.56 Å². The molecule has 0 radical (unpaired) electrons. The molecule has 0 saturated carbocycles. The summed E-state index contributed by atoms with van der Waals surface area (Å²) in [4.78, 5) is 18.3. The fraction of sp³-hybridized carbons (Fsp3) is 0.194. The summed E-state index contributed by atoms with van der Waals surface area (Å²) in [6, 6.07) is 27.0. The zero-order valence-corrected chi connectivity index (χ0v) is 23.1. The molecule has 0 aliphatic rings. The van der Waals surface area contributed by atoms with E-state index in [0.29, 0.717) is 37.0 Å². The quantitative estimate of drug-likeness (QED) is 0.138. The van der Waals surface area contributed by atoms with Gasteiger partial charge in [-0.1, -0.05) is 29.4 Å². The van der Waals surface area contributed by atoms with Crippen LogP contribution in [0.2, 0.25) is 0 Å². The first-order valence-corrected chi connectivity index (χ1v) is 13.7. The van der Waals surface area contributed by atoms with E-state index in [9.17, 15) is 4.79 Å². The Bertz CT molecular complexity index is 1600. The molecular weight excluding hydrogens is 526 g/mol. The number of methoxy groups -OCH3 is 2. The molecule has 2 heterocycles. The molecule has 5 rings (SSSR count). The molecule has 0 N–H and O–H groups in total. The second-order valence-electron chi connectivity index (χ2n) is 8.96. The third kappa shape index (κ3) is 6.99. The van der Waals surface area contributed by atoms with E-state index >= 15 is 0 Å². The fourth-order valence-electron chi connectivity index (χ4n) is 4.00. The lowest BCUT2D eigenvalue weighted by Gasteiger charge is -2.10. The first kappa shape index (κ1) is 27.2. The number of hydrogen-bond acceptors (Lipinski definition) is 8. The van der Waals surface area contributed by atoms with Gasteiger partial charge in [0.25, 0.3) is 11.4 Å². The van der Waals surface area contributed by atoms with Crippen molar-refractivity contribution >= 4 is 11.8 Å². The Kier molecular flexibility index (Phi) is 8.95. The highest BCUT2D eigenvalue weighted by atomic mass is 32.2. The van der Waals surface area contributed by atoms with Crippen LogP contribution in [-0.2, 0) is 17.0 Å². The van der Waals surface area contributed by atoms with Gasteiger partial charge in [-0.15, -0.1) is 11.8 Å². The molecule has 0 atom stereocenters. The van der Waals surface area contributed by atoms with Crippen molar-refractivity contribution in [1.29, 1.82) is 0 Å². The molecule has 3 aromatic carbocycles. The summed E-state index contributed by atoms with van der Waals surface area (Å²) in [5, 5.41) is 4.16. The van der Waals surface area contributed by atoms with Crippen molar-refractivity contribution in [3.63, 3.8) is 0 Å². The Morgan fingerprint density at radius 2 is 1.65 bits per heavy atom. The number of pyridine rings is 1. The minimum Gasteiger partial charge on any atom is -0.497 e. The smallest absolute Gasteiger partial charge is 0.258 e. The number of benzene rings is 3. The van der Waals surface area contributed by atoms with Gasteiger partial charge in [0.15, 0.2) is 0 Å². The van der Waals surface area contributed by atoms with Crippen LogP contribution in [0.25, 0.3) is 22.8 Å². The van der Waals surface area contributed by atoms with E-state index in [1.165, 1.54) is 11.6 Å². The van der Waals surface area contributed by atoms with Crippen LogP contribution in [0.3, 0.4) is 0 Å². The van der Waals surface area contributed by atoms with Gasteiger partial charge >= 0.3 is 0 Å². The van der Waals surface area contributed by atoms with Crippen LogP contribution in [0.1, 0.15) is 11.1 Å². The van der Waals surface area contributed by atoms with Gasteiger partial charge in [0.05, 0.1) is 20.3 Å². The van der Waals surface area contributed by atoms with Crippen molar-refractivity contribution in [3.05, 3.63) is 113 Å². The minimum absolute atomic E-state index is 0.124. The molecule has 0 spiro atoms. The fourth-order valence-corrected chi connectivity index (χ4v) is 4.85. The second kappa shape index (κ2) is 13.1. The third-order valence-corrected chi connectivity index (χ3v) is 7.22. The number of ether oxygens (including phenoxy) is 3. The predicted octanol–water partition coefficient (Wildman–Crippen LogP) is 5.94. The predicted molar refractivity (Wildman–Crippen MR) is 155 cm³/mol. The van der Waals surface area contributed by atoms with Gasteiger partial charge in [-0.2, -0.15) is 4.98 Å². The summed E-state index contributed by atoms with van der Waals surface area (Å²) < 4.78 is 23.1. The van der Waals surface area contributed by atoms with Crippen molar-refractivity contribution in [1.82, 2.24) is 14.7 Å². The average Bonchev–Trinajstić information content (AvgIpc) is 3.49. The van der Waals surface area contributed by atoms with Gasteiger partial charge in [0.1, 0.15) is 18.1 Å². The molecule has 0 fully saturated rings. The lowest BCUT2D eigenvalue weighted by atomic mass is 10.2. The normalized spacial score (nSPS) is 10.9. The summed E-state index contributed by atoms with van der Waals surface area (Å²) in [7, 11) is 3.30. The Labute approximate surface area is 236 Å². The van der Waals surface area contributed by atoms with Gasteiger partial charge in [0.2, 0.25) is 5.82 Å². The maximum Gasteiger partial charge on any atom is 0.258 e. The summed E-state index contributed by atoms with van der Waals surface area (Å²) in [6.45, 7) is 1.35. The highest BCUT2D eigenvalue weighted by Gasteiger charge is 2.12. The van der Waals surface area contributed by atoms with E-state index in [1.54, 1.807) is 42.8 Å². The van der Waals surface area contributed by atoms with Crippen molar-refractivity contribution in [2.45, 2.75) is 17.2 Å². The summed E-state index contributed by atoms with van der Waals surface area (Å²) in [5.41, 5.74) is 3.55. The Morgan fingerprint density at radius 3 is 2.42 bits per heavy atom. The molecule has 5 aromatic rings. The number of nitrogens with zero attached hydrogens (tertiary/aromatic N) is 3. The molecule has 0 aliphatic carbocycles. The summed E-state index contributed by atoms with van der Waals surface area (Å²) in [6.07, 6.45) is 1.74. The molecule has 0 bridgehead atoms. The van der Waals surface area contributed by atoms with Crippen LogP contribution >= 0.6 is 11.8 Å². The average molecular weight is 556 g/mol. The molecule has 0 amide bonds. The molecule has 9 heteroatoms. The minimum atomic E-state index is -0.124. The lowest BCUT2D eigenvalue weighted by Crippen LogP contribution is -2.19. The Balaban J connectivity index is 1.25. The lowest BCUT2D eigenvalue weighted by molar-refractivity contribution is 0.146. The molecule has 40 heavy (non-hydrogen) atoms. The van der Waals surface area contributed by atoms with Gasteiger partial charge in [-0.25, -0.2) is 0 Å². The molecule has 0 aliphatic heterocycles. The standard InChI is InChI=1S/C31H29N3O5S/c1-36-16-17-38-27-5-3-4-23(18-27)19-34-20-25(10-15-29(34)35)30-32-31(39-33-30)24-8-13-28(14-9-24)40-21-22-6-11-26(37-2)12-7-22/h3-15,18,20H,16-17,19,21H2,1-2H3. The molecular formula is C31H29N3O5S. The maximum atomic E-state index is 12.6. The number of aromatic nitrogens is 3. The van der Waals surface area contributed by atoms with E-state index in [2.05, 4.69) is 22.3 Å². The van der Waals surface area contributed by atoms with Gasteiger partial charge < -0.3 is 23.3 Å². The monoisotopic (exact) mass is 555 g/mol. The van der Waals surface area contributed by atoms with Crippen LogP contribution < -0.4 is 15.0 Å². The maximum absolute atomic E-state index is 12.6. The van der Waals surface area contributed by atoms with E-state index in [4.69, 9.17) is 18.7 Å². The number of rotatable bonds is 12. The van der Waals surface area contributed by atoms with Crippen LogP contribution in [-0.4, -0.2) is 42.1 Å². The van der Waals surface area contributed by atoms with Crippen LogP contribution in [0.5, 0.6) is 11.5 Å². The first-order chi connectivity index (χ1) is 19.6. The second-order valence-corrected chi connectivity index (χ2v) is 10.0. The van der Waals surface area contributed by atoms with Crippen LogP contribution in [0.15, 0.2) is 105 Å². The van der Waals surface area contributed by atoms with E-state index < -0.39 is 0 Å². The first-order valence-electron chi connectivity index (χ1n) is 12.7. The topological polar surface area (TPSA) is 88.6 Å². The Hall–Kier alpha value is -4.34. The van der Waals surface area contributed by atoms with Gasteiger partial charge in [0, 0.05) is 41.1 Å². The van der Waals surface area contributed by atoms with Crippen molar-refractivity contribution in [3.8, 4) is 34.3 Å². The summed E-state index contributed by atoms with van der Waals surface area (Å²) in [5.74, 6) is 3.27. The highest BCUT2D eigenvalue weighted by Crippen LogP contribution is 2.28. The Morgan fingerprint density at radius 1 is 0.850 bits per heavy atom. The molecule has 2 aromatic heterocycles. The molecule has 204 valence electrons. The van der Waals surface area contributed by atoms with Crippen molar-refractivity contribution in [2.75, 3.05) is 27.4 Å². The van der Waals surface area contributed by atoms with Gasteiger partial charge in [-0.3, -0.25) is 4.79 Å². The number of thioether (sulfide) groups is 1. The number of hydrogen-bond donors (Lipinski definition) is 0. The largest absolute Gasteiger partial charge is 0.497 e. The SMILES string of the molecule is COCCOc1cccc(Cn2cc(-c3noc(-c4ccc(SCc5ccc(OC)cc5)cc4)n3)ccc2=O)c1. The van der Waals surface area contributed by atoms with Crippen molar-refractivity contribution in [2.24, 2.45) is 0 Å². The van der Waals surface area contributed by atoms with Crippen LogP contribution in [0.4, 0.5) is 0 Å². The van der Waals surface area contributed by atoms with Crippen molar-refractivity contribution < 1.29 is 18.7 Å². The van der Waals surface area contributed by atoms with E-state index in [1.807, 2.05) is 60.7 Å². The molecule has 0 unspecified atom stereocenters. The zero-order valence-electron chi connectivity index (χ0n) is 22.3. The molecule has 8 nitrogen and oxygen atoms in total. The molecule has 0 saturated heterocycles. The van der Waals surface area contributed by atoms with Gasteiger partial charge in [-0.05, 0) is 65.7 Å².